The number of piperazine rings is 1. The van der Waals surface area contributed by atoms with Crippen molar-refractivity contribution in [1.29, 1.82) is 0 Å². The van der Waals surface area contributed by atoms with Gasteiger partial charge in [0.15, 0.2) is 0 Å². The molecule has 6 nitrogen and oxygen atoms in total. The molecule has 1 aliphatic heterocycles. The molecule has 1 aromatic carbocycles. The molecule has 0 aliphatic carbocycles. The largest absolute Gasteiger partial charge is 0.353 e. The Morgan fingerprint density at radius 2 is 1.50 bits per heavy atom. The van der Waals surface area contributed by atoms with Crippen LogP contribution in [-0.2, 0) is 6.42 Å². The molecule has 0 unspecified atom stereocenters. The number of aromatic nitrogens is 4. The molecule has 1 saturated heterocycles. The first kappa shape index (κ1) is 18.6. The molecule has 7 heteroatoms. The number of nitrogens with zero attached hydrogens (tertiary/aromatic N) is 6. The molecule has 4 rings (SSSR count). The van der Waals surface area contributed by atoms with E-state index in [1.807, 2.05) is 38.1 Å². The lowest BCUT2D eigenvalue weighted by molar-refractivity contribution is 0.638. The van der Waals surface area contributed by atoms with E-state index in [1.165, 1.54) is 0 Å². The Labute approximate surface area is 170 Å². The van der Waals surface area contributed by atoms with Gasteiger partial charge in [0.2, 0.25) is 0 Å². The highest BCUT2D eigenvalue weighted by atomic mass is 35.5. The first-order chi connectivity index (χ1) is 13.6. The lowest BCUT2D eigenvalue weighted by Gasteiger charge is -2.36. The minimum absolute atomic E-state index is 0.503. The number of benzene rings is 1. The third kappa shape index (κ3) is 4.07. The van der Waals surface area contributed by atoms with E-state index in [1.54, 1.807) is 0 Å². The Morgan fingerprint density at radius 1 is 0.857 bits per heavy atom. The van der Waals surface area contributed by atoms with Crippen LogP contribution in [0.5, 0.6) is 0 Å². The summed E-state index contributed by atoms with van der Waals surface area (Å²) in [5, 5.41) is 0.503. The summed E-state index contributed by atoms with van der Waals surface area (Å²) in [6, 6.07) is 14.2. The maximum atomic E-state index is 6.16. The lowest BCUT2D eigenvalue weighted by atomic mass is 10.1. The number of hydrogen-bond donors (Lipinski definition) is 0. The van der Waals surface area contributed by atoms with Crippen LogP contribution in [0.2, 0.25) is 5.15 Å². The number of halogens is 1. The van der Waals surface area contributed by atoms with Crippen molar-refractivity contribution in [3.63, 3.8) is 0 Å². The van der Waals surface area contributed by atoms with Crippen LogP contribution in [0, 0.1) is 6.92 Å². The fourth-order valence-electron chi connectivity index (χ4n) is 3.41. The Balaban J connectivity index is 1.51. The van der Waals surface area contributed by atoms with Gasteiger partial charge in [-0.25, -0.2) is 19.9 Å². The minimum Gasteiger partial charge on any atom is -0.353 e. The molecule has 0 radical (unpaired) electrons. The van der Waals surface area contributed by atoms with Gasteiger partial charge in [-0.1, -0.05) is 48.9 Å². The van der Waals surface area contributed by atoms with Crippen molar-refractivity contribution >= 4 is 23.2 Å². The summed E-state index contributed by atoms with van der Waals surface area (Å²) in [5.41, 5.74) is 2.07. The summed E-state index contributed by atoms with van der Waals surface area (Å²) < 4.78 is 0. The van der Waals surface area contributed by atoms with E-state index >= 15 is 0 Å². The summed E-state index contributed by atoms with van der Waals surface area (Å²) in [5.74, 6) is 3.44. The number of hydrogen-bond acceptors (Lipinski definition) is 6. The van der Waals surface area contributed by atoms with Gasteiger partial charge in [0.25, 0.3) is 0 Å². The number of aryl methyl sites for hydroxylation is 2. The van der Waals surface area contributed by atoms with E-state index in [9.17, 15) is 0 Å². The van der Waals surface area contributed by atoms with Crippen molar-refractivity contribution in [1.82, 2.24) is 19.9 Å². The molecule has 0 spiro atoms. The maximum absolute atomic E-state index is 6.16. The molecule has 1 aliphatic rings. The Morgan fingerprint density at radius 3 is 2.14 bits per heavy atom. The van der Waals surface area contributed by atoms with Gasteiger partial charge in [-0.2, -0.15) is 0 Å². The van der Waals surface area contributed by atoms with E-state index in [-0.39, 0.29) is 0 Å². The van der Waals surface area contributed by atoms with Crippen molar-refractivity contribution in [2.24, 2.45) is 0 Å². The van der Waals surface area contributed by atoms with Crippen LogP contribution in [0.25, 0.3) is 11.3 Å². The first-order valence-corrected chi connectivity index (χ1v) is 9.94. The first-order valence-electron chi connectivity index (χ1n) is 9.57. The molecule has 0 amide bonds. The van der Waals surface area contributed by atoms with Gasteiger partial charge in [0.1, 0.15) is 28.4 Å². The van der Waals surface area contributed by atoms with Crippen molar-refractivity contribution in [3.8, 4) is 11.3 Å². The molecule has 144 valence electrons. The second-order valence-corrected chi connectivity index (χ2v) is 7.20. The standard InChI is InChI=1S/C21H23ClN6/c1-3-19-25-18(22)14-21(26-19)28-11-9-27(10-12-28)20-13-17(23-15(2)24-20)16-7-5-4-6-8-16/h4-8,13-14H,3,9-12H2,1-2H3. The zero-order valence-electron chi connectivity index (χ0n) is 16.1. The van der Waals surface area contributed by atoms with Gasteiger partial charge in [-0.3, -0.25) is 0 Å². The van der Waals surface area contributed by atoms with Crippen LogP contribution < -0.4 is 9.80 Å². The molecule has 0 atom stereocenters. The molecule has 0 saturated carbocycles. The number of rotatable bonds is 4. The third-order valence-electron chi connectivity index (χ3n) is 4.87. The second kappa shape index (κ2) is 8.10. The van der Waals surface area contributed by atoms with E-state index in [4.69, 9.17) is 11.6 Å². The highest BCUT2D eigenvalue weighted by Gasteiger charge is 2.21. The zero-order valence-corrected chi connectivity index (χ0v) is 16.9. The van der Waals surface area contributed by atoms with Crippen LogP contribution >= 0.6 is 11.6 Å². The fraction of sp³-hybridized carbons (Fsp3) is 0.333. The van der Waals surface area contributed by atoms with Crippen LogP contribution in [0.3, 0.4) is 0 Å². The van der Waals surface area contributed by atoms with Crippen LogP contribution in [0.15, 0.2) is 42.5 Å². The van der Waals surface area contributed by atoms with Crippen molar-refractivity contribution in [2.75, 3.05) is 36.0 Å². The average molecular weight is 395 g/mol. The molecular weight excluding hydrogens is 372 g/mol. The molecule has 3 heterocycles. The zero-order chi connectivity index (χ0) is 19.5. The second-order valence-electron chi connectivity index (χ2n) is 6.82. The fourth-order valence-corrected chi connectivity index (χ4v) is 3.60. The third-order valence-corrected chi connectivity index (χ3v) is 5.06. The molecular formula is C21H23ClN6. The van der Waals surface area contributed by atoms with Crippen LogP contribution in [0.4, 0.5) is 11.6 Å². The summed E-state index contributed by atoms with van der Waals surface area (Å²) in [6.07, 6.45) is 0.774. The lowest BCUT2D eigenvalue weighted by Crippen LogP contribution is -2.47. The van der Waals surface area contributed by atoms with Crippen molar-refractivity contribution in [3.05, 3.63) is 59.3 Å². The maximum Gasteiger partial charge on any atom is 0.134 e. The Kier molecular flexibility index (Phi) is 5.39. The molecule has 0 N–H and O–H groups in total. The quantitative estimate of drug-likeness (QED) is 0.627. The Bertz CT molecular complexity index is 954. The smallest absolute Gasteiger partial charge is 0.134 e. The average Bonchev–Trinajstić information content (AvgIpc) is 2.73. The van der Waals surface area contributed by atoms with Crippen LogP contribution in [-0.4, -0.2) is 46.1 Å². The summed E-state index contributed by atoms with van der Waals surface area (Å²) in [6.45, 7) is 7.44. The van der Waals surface area contributed by atoms with E-state index in [0.29, 0.717) is 5.15 Å². The van der Waals surface area contributed by atoms with Crippen LogP contribution in [0.1, 0.15) is 18.6 Å². The summed E-state index contributed by atoms with van der Waals surface area (Å²) in [4.78, 5) is 22.7. The number of anilines is 2. The monoisotopic (exact) mass is 394 g/mol. The van der Waals surface area contributed by atoms with Gasteiger partial charge in [0, 0.05) is 50.3 Å². The van der Waals surface area contributed by atoms with Gasteiger partial charge in [-0.05, 0) is 6.92 Å². The van der Waals surface area contributed by atoms with Crippen molar-refractivity contribution < 1.29 is 0 Å². The van der Waals surface area contributed by atoms with Gasteiger partial charge < -0.3 is 9.80 Å². The Hall–Kier alpha value is -2.73. The molecule has 28 heavy (non-hydrogen) atoms. The van der Waals surface area contributed by atoms with E-state index in [0.717, 1.165) is 67.1 Å². The normalized spacial score (nSPS) is 14.4. The van der Waals surface area contributed by atoms with E-state index < -0.39 is 0 Å². The van der Waals surface area contributed by atoms with Gasteiger partial charge in [0.05, 0.1) is 5.69 Å². The van der Waals surface area contributed by atoms with Gasteiger partial charge >= 0.3 is 0 Å². The molecule has 2 aromatic heterocycles. The minimum atomic E-state index is 0.503. The molecule has 3 aromatic rings. The summed E-state index contributed by atoms with van der Waals surface area (Å²) >= 11 is 6.16. The predicted molar refractivity (Wildman–Crippen MR) is 113 cm³/mol. The van der Waals surface area contributed by atoms with E-state index in [2.05, 4.69) is 47.9 Å². The van der Waals surface area contributed by atoms with Gasteiger partial charge in [-0.15, -0.1) is 0 Å². The summed E-state index contributed by atoms with van der Waals surface area (Å²) in [7, 11) is 0. The highest BCUT2D eigenvalue weighted by Crippen LogP contribution is 2.24. The highest BCUT2D eigenvalue weighted by molar-refractivity contribution is 6.29. The SMILES string of the molecule is CCc1nc(Cl)cc(N2CCN(c3cc(-c4ccccc4)nc(C)n3)CC2)n1. The molecule has 1 fully saturated rings. The van der Waals surface area contributed by atoms with Crippen molar-refractivity contribution in [2.45, 2.75) is 20.3 Å². The predicted octanol–water partition coefficient (Wildman–Crippen LogP) is 3.78. The molecule has 0 bridgehead atoms. The topological polar surface area (TPSA) is 58.0 Å².